The third kappa shape index (κ3) is 4.86. The zero-order valence-electron chi connectivity index (χ0n) is 15.5. The molecule has 9 nitrogen and oxygen atoms in total. The Bertz CT molecular complexity index is 1070. The van der Waals surface area contributed by atoms with E-state index in [4.69, 9.17) is 16.3 Å². The largest absolute Gasteiger partial charge is 0.482 e. The molecule has 160 valence electrons. The molecule has 0 spiro atoms. The number of amides is 1. The number of carbonyl (C=O) groups excluding carboxylic acids is 1. The minimum absolute atomic E-state index is 0.00278. The van der Waals surface area contributed by atoms with Crippen LogP contribution in [0, 0.1) is 15.9 Å². The Balaban J connectivity index is 1.56. The number of piperazine rings is 1. The van der Waals surface area contributed by atoms with Gasteiger partial charge in [0.05, 0.1) is 14.8 Å². The second kappa shape index (κ2) is 8.94. The van der Waals surface area contributed by atoms with Crippen LogP contribution in [-0.2, 0) is 14.8 Å². The summed E-state index contributed by atoms with van der Waals surface area (Å²) < 4.78 is 45.1. The normalized spacial score (nSPS) is 15.1. The Morgan fingerprint density at radius 1 is 1.17 bits per heavy atom. The quantitative estimate of drug-likeness (QED) is 0.486. The van der Waals surface area contributed by atoms with Crippen LogP contribution in [0.5, 0.6) is 5.75 Å². The van der Waals surface area contributed by atoms with Gasteiger partial charge in [0.25, 0.3) is 11.6 Å². The number of non-ortho nitro benzene ring substituents is 1. The van der Waals surface area contributed by atoms with Crippen LogP contribution in [0.25, 0.3) is 0 Å². The summed E-state index contributed by atoms with van der Waals surface area (Å²) in [4.78, 5) is 23.8. The van der Waals surface area contributed by atoms with Gasteiger partial charge in [-0.15, -0.1) is 0 Å². The van der Waals surface area contributed by atoms with Crippen molar-refractivity contribution < 1.29 is 27.3 Å². The molecule has 0 aromatic heterocycles. The number of halogens is 2. The smallest absolute Gasteiger partial charge is 0.271 e. The number of sulfonamides is 1. The van der Waals surface area contributed by atoms with E-state index in [0.29, 0.717) is 0 Å². The van der Waals surface area contributed by atoms with Gasteiger partial charge in [-0.2, -0.15) is 4.31 Å². The number of nitro groups is 1. The van der Waals surface area contributed by atoms with E-state index in [0.717, 1.165) is 18.2 Å². The molecule has 2 aromatic carbocycles. The Morgan fingerprint density at radius 3 is 2.47 bits per heavy atom. The molecule has 12 heteroatoms. The number of benzene rings is 2. The van der Waals surface area contributed by atoms with Gasteiger partial charge in [0, 0.05) is 38.3 Å². The molecule has 0 aliphatic carbocycles. The highest BCUT2D eigenvalue weighted by atomic mass is 35.5. The van der Waals surface area contributed by atoms with Gasteiger partial charge >= 0.3 is 0 Å². The molecule has 1 amide bonds. The third-order valence-corrected chi connectivity index (χ3v) is 6.69. The van der Waals surface area contributed by atoms with Crippen molar-refractivity contribution in [3.8, 4) is 5.75 Å². The first-order valence-corrected chi connectivity index (χ1v) is 10.6. The minimum atomic E-state index is -3.85. The Morgan fingerprint density at radius 2 is 1.87 bits per heavy atom. The molecule has 0 N–H and O–H groups in total. The van der Waals surface area contributed by atoms with E-state index in [1.54, 1.807) is 0 Å². The van der Waals surface area contributed by atoms with Gasteiger partial charge in [0.2, 0.25) is 10.0 Å². The molecule has 1 saturated heterocycles. The molecule has 0 atom stereocenters. The average Bonchev–Trinajstić information content (AvgIpc) is 2.72. The van der Waals surface area contributed by atoms with Crippen LogP contribution in [-0.4, -0.2) is 61.2 Å². The molecular formula is C18H17ClFN3O6S. The SMILES string of the molecule is O=C(COc1ccc([N+](=O)[O-])cc1Cl)N1CCN(S(=O)(=O)c2cccc(F)c2)CC1. The van der Waals surface area contributed by atoms with Crippen LogP contribution < -0.4 is 4.74 Å². The Labute approximate surface area is 176 Å². The van der Waals surface area contributed by atoms with Crippen molar-refractivity contribution in [2.24, 2.45) is 0 Å². The predicted octanol–water partition coefficient (Wildman–Crippen LogP) is 2.30. The molecule has 1 heterocycles. The number of hydrogen-bond donors (Lipinski definition) is 0. The maximum absolute atomic E-state index is 13.4. The number of carbonyl (C=O) groups is 1. The number of rotatable bonds is 6. The fourth-order valence-electron chi connectivity index (χ4n) is 2.91. The lowest BCUT2D eigenvalue weighted by atomic mass is 10.3. The van der Waals surface area contributed by atoms with Gasteiger partial charge < -0.3 is 9.64 Å². The maximum Gasteiger partial charge on any atom is 0.271 e. The summed E-state index contributed by atoms with van der Waals surface area (Å²) in [7, 11) is -3.85. The summed E-state index contributed by atoms with van der Waals surface area (Å²) in [5.74, 6) is -0.901. The van der Waals surface area contributed by atoms with Crippen molar-refractivity contribution >= 4 is 33.2 Å². The van der Waals surface area contributed by atoms with Crippen molar-refractivity contribution in [3.63, 3.8) is 0 Å². The molecule has 2 aromatic rings. The average molecular weight is 458 g/mol. The van der Waals surface area contributed by atoms with Crippen LogP contribution >= 0.6 is 11.6 Å². The van der Waals surface area contributed by atoms with E-state index in [1.807, 2.05) is 0 Å². The number of nitrogens with zero attached hydrogens (tertiary/aromatic N) is 3. The van der Waals surface area contributed by atoms with Crippen LogP contribution in [0.2, 0.25) is 5.02 Å². The number of nitro benzene ring substituents is 1. The van der Waals surface area contributed by atoms with Crippen molar-refractivity contribution in [2.45, 2.75) is 4.90 Å². The highest BCUT2D eigenvalue weighted by Gasteiger charge is 2.30. The summed E-state index contributed by atoms with van der Waals surface area (Å²) in [6.07, 6.45) is 0. The minimum Gasteiger partial charge on any atom is -0.482 e. The maximum atomic E-state index is 13.4. The van der Waals surface area contributed by atoms with E-state index in [1.165, 1.54) is 33.5 Å². The van der Waals surface area contributed by atoms with Gasteiger partial charge in [-0.25, -0.2) is 12.8 Å². The summed E-state index contributed by atoms with van der Waals surface area (Å²) in [5.41, 5.74) is -0.200. The lowest BCUT2D eigenvalue weighted by Crippen LogP contribution is -2.51. The fourth-order valence-corrected chi connectivity index (χ4v) is 4.59. The first kappa shape index (κ1) is 21.9. The lowest BCUT2D eigenvalue weighted by molar-refractivity contribution is -0.384. The molecule has 1 aliphatic heterocycles. The van der Waals surface area contributed by atoms with E-state index >= 15 is 0 Å². The third-order valence-electron chi connectivity index (χ3n) is 4.50. The molecule has 1 fully saturated rings. The summed E-state index contributed by atoms with van der Waals surface area (Å²) in [6, 6.07) is 8.39. The van der Waals surface area contributed by atoms with E-state index in [2.05, 4.69) is 0 Å². The molecule has 0 saturated carbocycles. The van der Waals surface area contributed by atoms with Gasteiger partial charge in [-0.05, 0) is 24.3 Å². The zero-order valence-corrected chi connectivity index (χ0v) is 17.1. The second-order valence-corrected chi connectivity index (χ2v) is 8.75. The summed E-state index contributed by atoms with van der Waals surface area (Å²) >= 11 is 5.93. The Hall–Kier alpha value is -2.76. The van der Waals surface area contributed by atoms with Crippen LogP contribution in [0.3, 0.4) is 0 Å². The lowest BCUT2D eigenvalue weighted by Gasteiger charge is -2.34. The predicted molar refractivity (Wildman–Crippen MR) is 105 cm³/mol. The second-order valence-electron chi connectivity index (χ2n) is 6.40. The molecule has 0 bridgehead atoms. The first-order chi connectivity index (χ1) is 14.2. The molecule has 1 aliphatic rings. The number of ether oxygens (including phenoxy) is 1. The van der Waals surface area contributed by atoms with Crippen molar-refractivity contribution in [2.75, 3.05) is 32.8 Å². The zero-order chi connectivity index (χ0) is 21.9. The Kier molecular flexibility index (Phi) is 6.54. The summed E-state index contributed by atoms with van der Waals surface area (Å²) in [6.45, 7) is 0.0510. The first-order valence-electron chi connectivity index (χ1n) is 8.79. The molecule has 0 unspecified atom stereocenters. The van der Waals surface area contributed by atoms with E-state index in [9.17, 15) is 27.7 Å². The van der Waals surface area contributed by atoms with Gasteiger partial charge in [0.1, 0.15) is 11.6 Å². The van der Waals surface area contributed by atoms with Crippen molar-refractivity contribution in [1.29, 1.82) is 0 Å². The van der Waals surface area contributed by atoms with Gasteiger partial charge in [-0.3, -0.25) is 14.9 Å². The van der Waals surface area contributed by atoms with Crippen molar-refractivity contribution in [3.05, 3.63) is 63.4 Å². The van der Waals surface area contributed by atoms with Gasteiger partial charge in [-0.1, -0.05) is 17.7 Å². The molecule has 0 radical (unpaired) electrons. The number of hydrogen-bond acceptors (Lipinski definition) is 6. The summed E-state index contributed by atoms with van der Waals surface area (Å²) in [5, 5.41) is 10.7. The van der Waals surface area contributed by atoms with E-state index < -0.39 is 20.8 Å². The molecular weight excluding hydrogens is 441 g/mol. The van der Waals surface area contributed by atoms with Crippen LogP contribution in [0.15, 0.2) is 47.4 Å². The topological polar surface area (TPSA) is 110 Å². The molecule has 30 heavy (non-hydrogen) atoms. The van der Waals surface area contributed by atoms with Crippen molar-refractivity contribution in [1.82, 2.24) is 9.21 Å². The van der Waals surface area contributed by atoms with Crippen LogP contribution in [0.4, 0.5) is 10.1 Å². The highest BCUT2D eigenvalue weighted by Crippen LogP contribution is 2.28. The monoisotopic (exact) mass is 457 g/mol. The van der Waals surface area contributed by atoms with Gasteiger partial charge in [0.15, 0.2) is 6.61 Å². The van der Waals surface area contributed by atoms with E-state index in [-0.39, 0.29) is 60.0 Å². The molecule has 3 rings (SSSR count). The fraction of sp³-hybridized carbons (Fsp3) is 0.278. The van der Waals surface area contributed by atoms with Crippen LogP contribution in [0.1, 0.15) is 0 Å². The standard InChI is InChI=1S/C18H17ClFN3O6S/c19-16-11-14(23(25)26)4-5-17(16)29-12-18(24)21-6-8-22(9-7-21)30(27,28)15-3-1-2-13(20)10-15/h1-5,10-11H,6-9,12H2. The highest BCUT2D eigenvalue weighted by molar-refractivity contribution is 7.89.